The molecule has 0 aromatic carbocycles. The third kappa shape index (κ3) is 5.33. The van der Waals surface area contributed by atoms with Crippen LogP contribution in [-0.2, 0) is 9.59 Å². The number of rotatable bonds is 3. The minimum absolute atomic E-state index is 0.148. The van der Waals surface area contributed by atoms with Crippen LogP contribution in [0.3, 0.4) is 0 Å². The van der Waals surface area contributed by atoms with E-state index in [0.717, 1.165) is 19.4 Å². The third-order valence-electron chi connectivity index (χ3n) is 3.09. The molecule has 1 aliphatic heterocycles. The van der Waals surface area contributed by atoms with Crippen molar-refractivity contribution < 1.29 is 9.59 Å². The van der Waals surface area contributed by atoms with Gasteiger partial charge in [0.05, 0.1) is 6.54 Å². The highest BCUT2D eigenvalue weighted by Crippen LogP contribution is 2.26. The van der Waals surface area contributed by atoms with E-state index < -0.39 is 0 Å². The monoisotopic (exact) mass is 239 g/mol. The fraction of sp³-hybridized carbons (Fsp3) is 0.857. The van der Waals surface area contributed by atoms with E-state index in [9.17, 15) is 9.59 Å². The van der Waals surface area contributed by atoms with E-state index in [1.54, 1.807) is 4.90 Å². The predicted octanol–water partition coefficient (Wildman–Crippen LogP) is 2.64. The van der Waals surface area contributed by atoms with Crippen molar-refractivity contribution >= 4 is 11.7 Å². The van der Waals surface area contributed by atoms with E-state index in [-0.39, 0.29) is 17.1 Å². The number of carbonyl (C=O) groups excluding carboxylic acids is 2. The van der Waals surface area contributed by atoms with Gasteiger partial charge in [0, 0.05) is 19.4 Å². The van der Waals surface area contributed by atoms with Gasteiger partial charge in [-0.15, -0.1) is 0 Å². The molecule has 1 aliphatic rings. The highest BCUT2D eigenvalue weighted by Gasteiger charge is 2.24. The number of Topliss-reactive ketones (excluding diaryl/α,β-unsaturated/α-hetero) is 1. The van der Waals surface area contributed by atoms with Crippen molar-refractivity contribution in [3.63, 3.8) is 0 Å². The molecular formula is C14H25NO2. The Balaban J connectivity index is 2.40. The summed E-state index contributed by atoms with van der Waals surface area (Å²) in [7, 11) is 0. The van der Waals surface area contributed by atoms with Crippen molar-refractivity contribution in [2.75, 3.05) is 13.1 Å². The van der Waals surface area contributed by atoms with E-state index in [4.69, 9.17) is 0 Å². The van der Waals surface area contributed by atoms with Gasteiger partial charge in [-0.3, -0.25) is 9.59 Å². The zero-order valence-corrected chi connectivity index (χ0v) is 11.6. The Hall–Kier alpha value is -0.860. The minimum atomic E-state index is 0.148. The second-order valence-corrected chi connectivity index (χ2v) is 6.53. The Labute approximate surface area is 105 Å². The predicted molar refractivity (Wildman–Crippen MR) is 68.7 cm³/mol. The van der Waals surface area contributed by atoms with Crippen molar-refractivity contribution in [2.45, 2.75) is 53.4 Å². The highest BCUT2D eigenvalue weighted by molar-refractivity contribution is 5.87. The standard InChI is InChI=1S/C14H25NO2/c1-11(9-14(2,3)4)8-13(17)15-7-5-6-12(16)10-15/h11H,5-10H2,1-4H3. The van der Waals surface area contributed by atoms with Crippen molar-refractivity contribution in [1.29, 1.82) is 0 Å². The SMILES string of the molecule is CC(CC(=O)N1CCCC(=O)C1)CC(C)(C)C. The van der Waals surface area contributed by atoms with Crippen LogP contribution in [0.4, 0.5) is 0 Å². The molecule has 98 valence electrons. The molecule has 1 unspecified atom stereocenters. The molecule has 1 fully saturated rings. The van der Waals surface area contributed by atoms with Gasteiger partial charge in [0.15, 0.2) is 5.78 Å². The largest absolute Gasteiger partial charge is 0.335 e. The molecular weight excluding hydrogens is 214 g/mol. The Morgan fingerprint density at radius 1 is 1.41 bits per heavy atom. The molecule has 0 radical (unpaired) electrons. The summed E-state index contributed by atoms with van der Waals surface area (Å²) in [5, 5.41) is 0. The topological polar surface area (TPSA) is 37.4 Å². The lowest BCUT2D eigenvalue weighted by Gasteiger charge is -2.28. The number of piperidine rings is 1. The molecule has 0 aliphatic carbocycles. The first-order valence-electron chi connectivity index (χ1n) is 6.57. The van der Waals surface area contributed by atoms with Gasteiger partial charge < -0.3 is 4.90 Å². The van der Waals surface area contributed by atoms with Crippen LogP contribution in [0.2, 0.25) is 0 Å². The molecule has 3 nitrogen and oxygen atoms in total. The summed E-state index contributed by atoms with van der Waals surface area (Å²) in [5.74, 6) is 0.738. The summed E-state index contributed by atoms with van der Waals surface area (Å²) in [6.07, 6.45) is 3.09. The number of hydrogen-bond donors (Lipinski definition) is 0. The lowest BCUT2D eigenvalue weighted by molar-refractivity contribution is -0.138. The van der Waals surface area contributed by atoms with Gasteiger partial charge in [0.1, 0.15) is 0 Å². The Kier molecular flexibility index (Phi) is 4.72. The van der Waals surface area contributed by atoms with Crippen LogP contribution in [0.25, 0.3) is 0 Å². The lowest BCUT2D eigenvalue weighted by atomic mass is 9.84. The second kappa shape index (κ2) is 5.65. The second-order valence-electron chi connectivity index (χ2n) is 6.53. The fourth-order valence-corrected chi connectivity index (χ4v) is 2.60. The first-order valence-corrected chi connectivity index (χ1v) is 6.57. The lowest BCUT2D eigenvalue weighted by Crippen LogP contribution is -2.40. The average Bonchev–Trinajstić information content (AvgIpc) is 2.14. The summed E-state index contributed by atoms with van der Waals surface area (Å²) in [6.45, 7) is 9.79. The quantitative estimate of drug-likeness (QED) is 0.759. The molecule has 1 saturated heterocycles. The number of carbonyl (C=O) groups is 2. The summed E-state index contributed by atoms with van der Waals surface area (Å²) >= 11 is 0. The molecule has 17 heavy (non-hydrogen) atoms. The Morgan fingerprint density at radius 3 is 2.59 bits per heavy atom. The van der Waals surface area contributed by atoms with Crippen LogP contribution in [0.15, 0.2) is 0 Å². The molecule has 0 aromatic rings. The molecule has 0 N–H and O–H groups in total. The summed E-state index contributed by atoms with van der Waals surface area (Å²) in [5.41, 5.74) is 0.261. The molecule has 0 aromatic heterocycles. The first kappa shape index (κ1) is 14.2. The smallest absolute Gasteiger partial charge is 0.223 e. The van der Waals surface area contributed by atoms with E-state index in [2.05, 4.69) is 27.7 Å². The molecule has 1 atom stereocenters. The summed E-state index contributed by atoms with van der Waals surface area (Å²) < 4.78 is 0. The number of ketones is 1. The number of likely N-dealkylation sites (tertiary alicyclic amines) is 1. The van der Waals surface area contributed by atoms with Crippen LogP contribution < -0.4 is 0 Å². The molecule has 1 heterocycles. The minimum Gasteiger partial charge on any atom is -0.335 e. The van der Waals surface area contributed by atoms with Gasteiger partial charge in [-0.25, -0.2) is 0 Å². The molecule has 3 heteroatoms. The van der Waals surface area contributed by atoms with Crippen LogP contribution in [0.5, 0.6) is 0 Å². The van der Waals surface area contributed by atoms with Crippen molar-refractivity contribution in [3.8, 4) is 0 Å². The van der Waals surface area contributed by atoms with Gasteiger partial charge in [-0.05, 0) is 24.2 Å². The summed E-state index contributed by atoms with van der Waals surface area (Å²) in [4.78, 5) is 25.0. The zero-order chi connectivity index (χ0) is 13.1. The van der Waals surface area contributed by atoms with E-state index in [1.807, 2.05) is 0 Å². The molecule has 0 bridgehead atoms. The average molecular weight is 239 g/mol. The van der Waals surface area contributed by atoms with Gasteiger partial charge in [-0.2, -0.15) is 0 Å². The molecule has 1 rings (SSSR count). The van der Waals surface area contributed by atoms with Gasteiger partial charge >= 0.3 is 0 Å². The number of nitrogens with zero attached hydrogens (tertiary/aromatic N) is 1. The van der Waals surface area contributed by atoms with E-state index in [1.165, 1.54) is 0 Å². The van der Waals surface area contributed by atoms with Gasteiger partial charge in [0.2, 0.25) is 5.91 Å². The molecule has 0 saturated carbocycles. The van der Waals surface area contributed by atoms with Crippen LogP contribution in [-0.4, -0.2) is 29.7 Å². The highest BCUT2D eigenvalue weighted by atomic mass is 16.2. The zero-order valence-electron chi connectivity index (χ0n) is 11.6. The van der Waals surface area contributed by atoms with Crippen molar-refractivity contribution in [3.05, 3.63) is 0 Å². The number of hydrogen-bond acceptors (Lipinski definition) is 2. The molecule has 1 amide bonds. The van der Waals surface area contributed by atoms with E-state index >= 15 is 0 Å². The van der Waals surface area contributed by atoms with Gasteiger partial charge in [-0.1, -0.05) is 27.7 Å². The Bertz CT molecular complexity index is 291. The number of amides is 1. The Morgan fingerprint density at radius 2 is 2.06 bits per heavy atom. The van der Waals surface area contributed by atoms with Crippen LogP contribution in [0, 0.1) is 11.3 Å². The third-order valence-corrected chi connectivity index (χ3v) is 3.09. The van der Waals surface area contributed by atoms with Crippen molar-refractivity contribution in [2.24, 2.45) is 11.3 Å². The maximum absolute atomic E-state index is 12.0. The van der Waals surface area contributed by atoms with Crippen LogP contribution >= 0.6 is 0 Å². The first-order chi connectivity index (χ1) is 7.78. The van der Waals surface area contributed by atoms with E-state index in [0.29, 0.717) is 25.3 Å². The summed E-state index contributed by atoms with van der Waals surface area (Å²) in [6, 6.07) is 0. The van der Waals surface area contributed by atoms with Crippen molar-refractivity contribution in [1.82, 2.24) is 4.90 Å². The molecule has 0 spiro atoms. The normalized spacial score (nSPS) is 19.3. The maximum Gasteiger partial charge on any atom is 0.223 e. The maximum atomic E-state index is 12.0. The van der Waals surface area contributed by atoms with Crippen LogP contribution in [0.1, 0.15) is 53.4 Å². The van der Waals surface area contributed by atoms with Gasteiger partial charge in [0.25, 0.3) is 0 Å². The fourth-order valence-electron chi connectivity index (χ4n) is 2.60.